The van der Waals surface area contributed by atoms with Gasteiger partial charge in [0.1, 0.15) is 0 Å². The molecule has 0 saturated heterocycles. The summed E-state index contributed by atoms with van der Waals surface area (Å²) in [5.41, 5.74) is 4.67. The van der Waals surface area contributed by atoms with Gasteiger partial charge in [-0.2, -0.15) is 0 Å². The van der Waals surface area contributed by atoms with Gasteiger partial charge in [-0.1, -0.05) is 48.5 Å². The summed E-state index contributed by atoms with van der Waals surface area (Å²) in [6, 6.07) is 17.5. The van der Waals surface area contributed by atoms with Gasteiger partial charge in [0.25, 0.3) is 11.8 Å². The van der Waals surface area contributed by atoms with Gasteiger partial charge < -0.3 is 4.90 Å². The quantitative estimate of drug-likeness (QED) is 0.826. The highest BCUT2D eigenvalue weighted by atomic mass is 16.7. The monoisotopic (exact) mass is 366 g/mol. The van der Waals surface area contributed by atoms with Crippen molar-refractivity contribution >= 4 is 17.5 Å². The molecule has 1 unspecified atom stereocenters. The molecule has 3 rings (SSSR count). The van der Waals surface area contributed by atoms with Crippen LogP contribution in [0.3, 0.4) is 0 Å². The highest BCUT2D eigenvalue weighted by Gasteiger charge is 2.31. The van der Waals surface area contributed by atoms with Gasteiger partial charge >= 0.3 is 0 Å². The first kappa shape index (κ1) is 19.1. The lowest BCUT2D eigenvalue weighted by atomic mass is 9.84. The van der Waals surface area contributed by atoms with Crippen molar-refractivity contribution < 1.29 is 14.4 Å². The van der Waals surface area contributed by atoms with E-state index < -0.39 is 5.41 Å². The van der Waals surface area contributed by atoms with Crippen molar-refractivity contribution in [2.45, 2.75) is 45.1 Å². The van der Waals surface area contributed by atoms with Crippen LogP contribution in [0.4, 0.5) is 5.69 Å². The zero-order valence-corrected chi connectivity index (χ0v) is 16.1. The van der Waals surface area contributed by atoms with Crippen molar-refractivity contribution in [2.24, 2.45) is 0 Å². The molecule has 27 heavy (non-hydrogen) atoms. The normalized spacial score (nSPS) is 16.6. The Kier molecular flexibility index (Phi) is 5.61. The van der Waals surface area contributed by atoms with E-state index in [4.69, 9.17) is 4.84 Å². The number of hydrogen-bond donors (Lipinski definition) is 1. The Bertz CT molecular complexity index is 817. The van der Waals surface area contributed by atoms with Crippen molar-refractivity contribution in [3.05, 3.63) is 65.7 Å². The molecule has 2 aromatic carbocycles. The maximum Gasteiger partial charge on any atom is 0.255 e. The number of fused-ring (bicyclic) bond motifs is 1. The Balaban J connectivity index is 1.61. The Labute approximate surface area is 160 Å². The van der Waals surface area contributed by atoms with E-state index >= 15 is 0 Å². The molecule has 0 fully saturated rings. The van der Waals surface area contributed by atoms with Crippen molar-refractivity contribution in [2.75, 3.05) is 11.5 Å². The molecule has 5 nitrogen and oxygen atoms in total. The van der Waals surface area contributed by atoms with E-state index in [0.717, 1.165) is 29.7 Å². The molecule has 142 valence electrons. The van der Waals surface area contributed by atoms with E-state index in [0.29, 0.717) is 0 Å². The average Bonchev–Trinajstić information content (AvgIpc) is 2.68. The van der Waals surface area contributed by atoms with Gasteiger partial charge in [0, 0.05) is 11.7 Å². The molecule has 2 amide bonds. The smallest absolute Gasteiger partial charge is 0.255 e. The second-order valence-corrected chi connectivity index (χ2v) is 7.49. The molecule has 0 bridgehead atoms. The Morgan fingerprint density at radius 1 is 1.11 bits per heavy atom. The van der Waals surface area contributed by atoms with Gasteiger partial charge in [-0.25, -0.2) is 5.48 Å². The van der Waals surface area contributed by atoms with Gasteiger partial charge in [0.15, 0.2) is 6.61 Å². The van der Waals surface area contributed by atoms with Gasteiger partial charge in [0.2, 0.25) is 0 Å². The number of anilines is 1. The number of nitrogens with one attached hydrogen (secondary N) is 1. The molecule has 2 aromatic rings. The lowest BCUT2D eigenvalue weighted by Crippen LogP contribution is -2.46. The van der Waals surface area contributed by atoms with Crippen LogP contribution < -0.4 is 10.4 Å². The summed E-state index contributed by atoms with van der Waals surface area (Å²) < 4.78 is 0. The van der Waals surface area contributed by atoms with E-state index in [1.165, 1.54) is 0 Å². The number of para-hydroxylation sites is 1. The number of carbonyl (C=O) groups excluding carboxylic acids is 2. The second-order valence-electron chi connectivity index (χ2n) is 7.49. The molecule has 0 radical (unpaired) electrons. The predicted molar refractivity (Wildman–Crippen MR) is 105 cm³/mol. The molecule has 0 aromatic heterocycles. The Morgan fingerprint density at radius 2 is 1.78 bits per heavy atom. The topological polar surface area (TPSA) is 58.6 Å². The standard InChI is InChI=1S/C22H26N2O3/c1-16-13-14-17-9-7-8-12-19(17)24(16)20(25)15-27-23-21(26)22(2,3)18-10-5-4-6-11-18/h4-12,16H,13-15H2,1-3H3,(H,23,26). The number of hydrogen-bond acceptors (Lipinski definition) is 3. The fourth-order valence-corrected chi connectivity index (χ4v) is 3.41. The molecule has 5 heteroatoms. The number of rotatable bonds is 5. The van der Waals surface area contributed by atoms with Crippen LogP contribution in [0.2, 0.25) is 0 Å². The van der Waals surface area contributed by atoms with E-state index in [-0.39, 0.29) is 24.5 Å². The van der Waals surface area contributed by atoms with E-state index in [1.807, 2.05) is 75.4 Å². The molecule has 1 heterocycles. The first-order valence-electron chi connectivity index (χ1n) is 9.29. The van der Waals surface area contributed by atoms with Crippen molar-refractivity contribution in [1.82, 2.24) is 5.48 Å². The van der Waals surface area contributed by atoms with Crippen LogP contribution in [0.15, 0.2) is 54.6 Å². The van der Waals surface area contributed by atoms with Gasteiger partial charge in [0.05, 0.1) is 5.41 Å². The first-order valence-corrected chi connectivity index (χ1v) is 9.29. The molecule has 0 aliphatic carbocycles. The van der Waals surface area contributed by atoms with E-state index in [1.54, 1.807) is 4.90 Å². The lowest BCUT2D eigenvalue weighted by molar-refractivity contribution is -0.142. The average molecular weight is 366 g/mol. The minimum Gasteiger partial charge on any atom is -0.307 e. The SMILES string of the molecule is CC1CCc2ccccc2N1C(=O)CONC(=O)C(C)(C)c1ccccc1. The van der Waals surface area contributed by atoms with Crippen LogP contribution in [-0.4, -0.2) is 24.5 Å². The molecule has 1 aliphatic rings. The summed E-state index contributed by atoms with van der Waals surface area (Å²) in [5.74, 6) is -0.443. The fraction of sp³-hybridized carbons (Fsp3) is 0.364. The summed E-state index contributed by atoms with van der Waals surface area (Å²) in [5, 5.41) is 0. The number of benzene rings is 2. The zero-order valence-electron chi connectivity index (χ0n) is 16.1. The van der Waals surface area contributed by atoms with Gasteiger partial charge in [-0.3, -0.25) is 14.4 Å². The maximum absolute atomic E-state index is 12.7. The molecule has 1 aliphatic heterocycles. The number of aryl methyl sites for hydroxylation is 1. The van der Waals surface area contributed by atoms with Gasteiger partial charge in [-0.15, -0.1) is 0 Å². The highest BCUT2D eigenvalue weighted by molar-refractivity contribution is 5.96. The Hall–Kier alpha value is -2.66. The van der Waals surface area contributed by atoms with Crippen LogP contribution >= 0.6 is 0 Å². The molecule has 1 atom stereocenters. The largest absolute Gasteiger partial charge is 0.307 e. The third kappa shape index (κ3) is 4.03. The molecule has 0 saturated carbocycles. The predicted octanol–water partition coefficient (Wildman–Crippen LogP) is 3.38. The number of hydroxylamine groups is 1. The van der Waals surface area contributed by atoms with Crippen molar-refractivity contribution in [3.8, 4) is 0 Å². The van der Waals surface area contributed by atoms with Crippen LogP contribution in [0, 0.1) is 0 Å². The lowest BCUT2D eigenvalue weighted by Gasteiger charge is -2.35. The summed E-state index contributed by atoms with van der Waals surface area (Å²) in [7, 11) is 0. The summed E-state index contributed by atoms with van der Waals surface area (Å²) in [6.07, 6.45) is 1.88. The molecular weight excluding hydrogens is 340 g/mol. The van der Waals surface area contributed by atoms with Crippen LogP contribution in [0.25, 0.3) is 0 Å². The first-order chi connectivity index (χ1) is 12.9. The minimum absolute atomic E-state index is 0.104. The fourth-order valence-electron chi connectivity index (χ4n) is 3.41. The maximum atomic E-state index is 12.7. The highest BCUT2D eigenvalue weighted by Crippen LogP contribution is 2.30. The summed E-state index contributed by atoms with van der Waals surface area (Å²) in [4.78, 5) is 32.3. The molecular formula is C22H26N2O3. The molecule has 1 N–H and O–H groups in total. The van der Waals surface area contributed by atoms with Crippen molar-refractivity contribution in [3.63, 3.8) is 0 Å². The third-order valence-electron chi connectivity index (χ3n) is 5.22. The number of carbonyl (C=O) groups is 2. The van der Waals surface area contributed by atoms with Crippen LogP contribution in [-0.2, 0) is 26.3 Å². The third-order valence-corrected chi connectivity index (χ3v) is 5.22. The molecule has 0 spiro atoms. The second kappa shape index (κ2) is 7.92. The van der Waals surface area contributed by atoms with E-state index in [9.17, 15) is 9.59 Å². The Morgan fingerprint density at radius 3 is 2.52 bits per heavy atom. The van der Waals surface area contributed by atoms with Crippen LogP contribution in [0.1, 0.15) is 38.3 Å². The summed E-state index contributed by atoms with van der Waals surface area (Å²) in [6.45, 7) is 5.48. The number of nitrogens with zero attached hydrogens (tertiary/aromatic N) is 1. The zero-order chi connectivity index (χ0) is 19.4. The van der Waals surface area contributed by atoms with E-state index in [2.05, 4.69) is 5.48 Å². The summed E-state index contributed by atoms with van der Waals surface area (Å²) >= 11 is 0. The van der Waals surface area contributed by atoms with Crippen LogP contribution in [0.5, 0.6) is 0 Å². The number of amides is 2. The van der Waals surface area contributed by atoms with Crippen molar-refractivity contribution in [1.29, 1.82) is 0 Å². The van der Waals surface area contributed by atoms with Gasteiger partial charge in [-0.05, 0) is 50.8 Å². The minimum atomic E-state index is -0.755.